The zero-order valence-electron chi connectivity index (χ0n) is 14.2. The monoisotopic (exact) mass is 354 g/mol. The minimum Gasteiger partial charge on any atom is -0.370 e. The molecule has 0 aliphatic carbocycles. The van der Waals surface area contributed by atoms with Crippen LogP contribution in [0.1, 0.15) is 24.2 Å². The van der Waals surface area contributed by atoms with Crippen LogP contribution in [0.25, 0.3) is 11.4 Å². The Morgan fingerprint density at radius 3 is 2.88 bits per heavy atom. The first kappa shape index (κ1) is 17.2. The number of aliphatic imine (C=N–C) groups is 1. The van der Waals surface area contributed by atoms with Gasteiger partial charge in [0.1, 0.15) is 11.5 Å². The molecule has 0 amide bonds. The van der Waals surface area contributed by atoms with E-state index in [9.17, 15) is 0 Å². The van der Waals surface area contributed by atoms with Gasteiger partial charge in [-0.25, -0.2) is 9.97 Å². The number of hydrogen-bond donors (Lipinski definition) is 3. The fourth-order valence-electron chi connectivity index (χ4n) is 2.44. The molecule has 3 rings (SSSR count). The lowest BCUT2D eigenvalue weighted by Crippen LogP contribution is -2.22. The molecule has 2 aromatic heterocycles. The van der Waals surface area contributed by atoms with Crippen LogP contribution in [-0.4, -0.2) is 27.5 Å². The van der Waals surface area contributed by atoms with Crippen LogP contribution < -0.4 is 11.1 Å². The minimum absolute atomic E-state index is 0.404. The molecule has 0 radical (unpaired) electrons. The van der Waals surface area contributed by atoms with Gasteiger partial charge in [-0.2, -0.15) is 0 Å². The van der Waals surface area contributed by atoms with E-state index in [1.807, 2.05) is 18.4 Å². The molecule has 0 unspecified atom stereocenters. The smallest absolute Gasteiger partial charge is 0.194 e. The molecule has 6 nitrogen and oxygen atoms in total. The van der Waals surface area contributed by atoms with Crippen molar-refractivity contribution in [2.75, 3.05) is 11.9 Å². The predicted octanol–water partition coefficient (Wildman–Crippen LogP) is 3.59. The number of nitrogens with zero attached hydrogens (tertiary/aromatic N) is 3. The summed E-state index contributed by atoms with van der Waals surface area (Å²) in [6.45, 7) is 2.63. The highest BCUT2D eigenvalue weighted by atomic mass is 32.1. The van der Waals surface area contributed by atoms with Crippen LogP contribution in [0.2, 0.25) is 0 Å². The number of anilines is 1. The van der Waals surface area contributed by atoms with Gasteiger partial charge in [0, 0.05) is 11.9 Å². The van der Waals surface area contributed by atoms with Gasteiger partial charge in [-0.3, -0.25) is 4.99 Å². The zero-order chi connectivity index (χ0) is 17.5. The van der Waals surface area contributed by atoms with E-state index in [1.54, 1.807) is 6.20 Å². The first-order chi connectivity index (χ1) is 12.2. The molecule has 3 aromatic rings. The molecule has 0 atom stereocenters. The van der Waals surface area contributed by atoms with Gasteiger partial charge in [-0.15, -0.1) is 11.3 Å². The summed E-state index contributed by atoms with van der Waals surface area (Å²) < 4.78 is 0. The third-order valence-electron chi connectivity index (χ3n) is 3.72. The van der Waals surface area contributed by atoms with Crippen molar-refractivity contribution in [2.45, 2.75) is 26.2 Å². The number of hydrogen-bond acceptors (Lipinski definition) is 4. The van der Waals surface area contributed by atoms with Crippen molar-refractivity contribution >= 4 is 22.4 Å². The molecule has 1 aromatic carbocycles. The Morgan fingerprint density at radius 1 is 1.28 bits per heavy atom. The SMILES string of the molecule is Cc1ncc(-c2csc(NC(N)=NCCCCc3ccccc3)n2)[nH]1. The lowest BCUT2D eigenvalue weighted by Gasteiger charge is -2.02. The van der Waals surface area contributed by atoms with Crippen molar-refractivity contribution in [3.8, 4) is 11.4 Å². The molecule has 0 saturated heterocycles. The Morgan fingerprint density at radius 2 is 2.12 bits per heavy atom. The standard InChI is InChI=1S/C18H22N6S/c1-13-21-11-15(22-13)16-12-25-18(23-16)24-17(19)20-10-6-5-9-14-7-3-2-4-8-14/h2-4,7-8,11-12H,5-6,9-10H2,1H3,(H,21,22)(H3,19,20,23,24). The molecule has 0 spiro atoms. The number of unbranched alkanes of at least 4 members (excludes halogenated alkanes) is 1. The van der Waals surface area contributed by atoms with Crippen LogP contribution in [0.15, 0.2) is 46.9 Å². The molecule has 4 N–H and O–H groups in total. The number of rotatable bonds is 7. The van der Waals surface area contributed by atoms with E-state index in [0.717, 1.165) is 41.6 Å². The Bertz CT molecular complexity index is 821. The highest BCUT2D eigenvalue weighted by Gasteiger charge is 2.07. The fourth-order valence-corrected chi connectivity index (χ4v) is 3.16. The maximum Gasteiger partial charge on any atom is 0.194 e. The largest absolute Gasteiger partial charge is 0.370 e. The maximum atomic E-state index is 5.94. The summed E-state index contributed by atoms with van der Waals surface area (Å²) in [5.74, 6) is 1.27. The highest BCUT2D eigenvalue weighted by Crippen LogP contribution is 2.23. The second-order valence-electron chi connectivity index (χ2n) is 5.75. The average molecular weight is 354 g/mol. The lowest BCUT2D eigenvalue weighted by atomic mass is 10.1. The number of thiazole rings is 1. The van der Waals surface area contributed by atoms with E-state index in [2.05, 4.69) is 49.5 Å². The summed E-state index contributed by atoms with van der Waals surface area (Å²) in [4.78, 5) is 16.2. The Hall–Kier alpha value is -2.67. The third kappa shape index (κ3) is 5.15. The molecular weight excluding hydrogens is 332 g/mol. The summed E-state index contributed by atoms with van der Waals surface area (Å²) in [5.41, 5.74) is 9.05. The van der Waals surface area contributed by atoms with E-state index in [-0.39, 0.29) is 0 Å². The van der Waals surface area contributed by atoms with Gasteiger partial charge in [0.15, 0.2) is 11.1 Å². The summed E-state index contributed by atoms with van der Waals surface area (Å²) in [6, 6.07) is 10.5. The second-order valence-corrected chi connectivity index (χ2v) is 6.61. The fraction of sp³-hybridized carbons (Fsp3) is 0.278. The van der Waals surface area contributed by atoms with Crippen LogP contribution in [0.3, 0.4) is 0 Å². The number of aryl methyl sites for hydroxylation is 2. The van der Waals surface area contributed by atoms with Gasteiger partial charge >= 0.3 is 0 Å². The van der Waals surface area contributed by atoms with E-state index >= 15 is 0 Å². The normalized spacial score (nSPS) is 11.6. The summed E-state index contributed by atoms with van der Waals surface area (Å²) >= 11 is 1.49. The van der Waals surface area contributed by atoms with Crippen LogP contribution in [0.5, 0.6) is 0 Å². The van der Waals surface area contributed by atoms with E-state index < -0.39 is 0 Å². The summed E-state index contributed by atoms with van der Waals surface area (Å²) in [5, 5.41) is 5.74. The van der Waals surface area contributed by atoms with Gasteiger partial charge in [0.2, 0.25) is 0 Å². The molecule has 0 fully saturated rings. The molecule has 2 heterocycles. The van der Waals surface area contributed by atoms with Gasteiger partial charge in [-0.05, 0) is 31.7 Å². The summed E-state index contributed by atoms with van der Waals surface area (Å²) in [7, 11) is 0. The van der Waals surface area contributed by atoms with Gasteiger partial charge in [0.05, 0.1) is 11.9 Å². The number of aromatic amines is 1. The molecular formula is C18H22N6S. The number of benzene rings is 1. The highest BCUT2D eigenvalue weighted by molar-refractivity contribution is 7.14. The number of guanidine groups is 1. The molecule has 130 valence electrons. The Balaban J connectivity index is 1.43. The summed E-state index contributed by atoms with van der Waals surface area (Å²) in [6.07, 6.45) is 4.96. The van der Waals surface area contributed by atoms with Crippen molar-refractivity contribution in [3.63, 3.8) is 0 Å². The number of imidazole rings is 1. The van der Waals surface area contributed by atoms with E-state index in [1.165, 1.54) is 16.9 Å². The first-order valence-electron chi connectivity index (χ1n) is 8.29. The zero-order valence-corrected chi connectivity index (χ0v) is 15.0. The van der Waals surface area contributed by atoms with Crippen LogP contribution in [0, 0.1) is 6.92 Å². The minimum atomic E-state index is 0.404. The second kappa shape index (κ2) is 8.43. The van der Waals surface area contributed by atoms with Gasteiger partial charge in [0.25, 0.3) is 0 Å². The molecule has 0 bridgehead atoms. The van der Waals surface area contributed by atoms with Gasteiger partial charge in [-0.1, -0.05) is 30.3 Å². The molecule has 25 heavy (non-hydrogen) atoms. The third-order valence-corrected chi connectivity index (χ3v) is 4.47. The molecule has 0 aliphatic rings. The lowest BCUT2D eigenvalue weighted by molar-refractivity contribution is 0.745. The maximum absolute atomic E-state index is 5.94. The molecule has 0 aliphatic heterocycles. The van der Waals surface area contributed by atoms with Crippen molar-refractivity contribution in [2.24, 2.45) is 10.7 Å². The van der Waals surface area contributed by atoms with Crippen LogP contribution in [0.4, 0.5) is 5.13 Å². The quantitative estimate of drug-likeness (QED) is 0.343. The molecule has 0 saturated carbocycles. The average Bonchev–Trinajstić information content (AvgIpc) is 3.24. The van der Waals surface area contributed by atoms with Crippen LogP contribution >= 0.6 is 11.3 Å². The predicted molar refractivity (Wildman–Crippen MR) is 104 cm³/mol. The number of H-pyrrole nitrogens is 1. The van der Waals surface area contributed by atoms with Crippen LogP contribution in [-0.2, 0) is 6.42 Å². The van der Waals surface area contributed by atoms with E-state index in [0.29, 0.717) is 12.5 Å². The number of nitrogens with two attached hydrogens (primary N) is 1. The Kier molecular flexibility index (Phi) is 5.79. The first-order valence-corrected chi connectivity index (χ1v) is 9.17. The Labute approximate surface area is 151 Å². The van der Waals surface area contributed by atoms with Crippen molar-refractivity contribution < 1.29 is 0 Å². The molecule has 7 heteroatoms. The number of aromatic nitrogens is 3. The van der Waals surface area contributed by atoms with Gasteiger partial charge < -0.3 is 16.0 Å². The van der Waals surface area contributed by atoms with E-state index in [4.69, 9.17) is 5.73 Å². The van der Waals surface area contributed by atoms with Crippen molar-refractivity contribution in [3.05, 3.63) is 53.3 Å². The van der Waals surface area contributed by atoms with Crippen molar-refractivity contribution in [1.29, 1.82) is 0 Å². The topological polar surface area (TPSA) is 92.0 Å². The number of nitrogens with one attached hydrogen (secondary N) is 2. The van der Waals surface area contributed by atoms with Crippen molar-refractivity contribution in [1.82, 2.24) is 15.0 Å².